The second kappa shape index (κ2) is 4.93. The zero-order valence-corrected chi connectivity index (χ0v) is 11.2. The van der Waals surface area contributed by atoms with E-state index in [0.29, 0.717) is 20.9 Å². The van der Waals surface area contributed by atoms with Gasteiger partial charge in [-0.15, -0.1) is 10.2 Å². The molecule has 1 aromatic carbocycles. The van der Waals surface area contributed by atoms with Crippen LogP contribution >= 0.6 is 27.5 Å². The Bertz CT molecular complexity index is 569. The number of hydrogen-bond acceptors (Lipinski definition) is 4. The van der Waals surface area contributed by atoms with Gasteiger partial charge in [0.15, 0.2) is 11.6 Å². The fourth-order valence-electron chi connectivity index (χ4n) is 1.31. The summed E-state index contributed by atoms with van der Waals surface area (Å²) in [7, 11) is 1.65. The molecule has 0 radical (unpaired) electrons. The van der Waals surface area contributed by atoms with Crippen LogP contribution in [-0.4, -0.2) is 26.0 Å². The molecule has 0 spiro atoms. The highest BCUT2D eigenvalue weighted by atomic mass is 79.9. The molecule has 88 valence electrons. The molecule has 2 rings (SSSR count). The van der Waals surface area contributed by atoms with Crippen molar-refractivity contribution in [2.24, 2.45) is 7.05 Å². The van der Waals surface area contributed by atoms with Gasteiger partial charge < -0.3 is 0 Å². The van der Waals surface area contributed by atoms with Crippen LogP contribution < -0.4 is 0 Å². The minimum atomic E-state index is -0.0737. The predicted octanol–water partition coefficient (Wildman–Crippen LogP) is 2.05. The van der Waals surface area contributed by atoms with Crippen LogP contribution in [0.5, 0.6) is 0 Å². The first-order chi connectivity index (χ1) is 8.06. The van der Waals surface area contributed by atoms with Crippen molar-refractivity contribution in [2.75, 3.05) is 0 Å². The monoisotopic (exact) mass is 314 g/mol. The Kier molecular flexibility index (Phi) is 3.54. The summed E-state index contributed by atoms with van der Waals surface area (Å²) in [5, 5.41) is 12.0. The van der Waals surface area contributed by atoms with Crippen LogP contribution in [-0.2, 0) is 13.5 Å². The highest BCUT2D eigenvalue weighted by Gasteiger charge is 2.12. The molecule has 1 aromatic heterocycles. The van der Waals surface area contributed by atoms with Gasteiger partial charge in [-0.3, -0.25) is 4.79 Å². The molecule has 0 aliphatic heterocycles. The molecule has 5 nitrogen and oxygen atoms in total. The molecule has 0 bridgehead atoms. The van der Waals surface area contributed by atoms with Crippen molar-refractivity contribution in [2.45, 2.75) is 6.42 Å². The smallest absolute Gasteiger partial charge is 0.182 e. The summed E-state index contributed by atoms with van der Waals surface area (Å²) in [5.41, 5.74) is 0.564. The molecule has 0 aliphatic rings. The van der Waals surface area contributed by atoms with E-state index < -0.39 is 0 Å². The van der Waals surface area contributed by atoms with Crippen molar-refractivity contribution in [3.63, 3.8) is 0 Å². The van der Waals surface area contributed by atoms with Crippen LogP contribution in [0.4, 0.5) is 0 Å². The first-order valence-corrected chi connectivity index (χ1v) is 5.94. The number of tetrazole rings is 1. The Morgan fingerprint density at radius 2 is 2.29 bits per heavy atom. The van der Waals surface area contributed by atoms with Crippen LogP contribution in [0.2, 0.25) is 5.02 Å². The largest absolute Gasteiger partial charge is 0.294 e. The van der Waals surface area contributed by atoms with Crippen LogP contribution in [0.1, 0.15) is 16.2 Å². The van der Waals surface area contributed by atoms with E-state index in [4.69, 9.17) is 11.6 Å². The third-order valence-corrected chi connectivity index (χ3v) is 3.32. The van der Waals surface area contributed by atoms with Gasteiger partial charge in [-0.05, 0) is 39.3 Å². The molecule has 0 atom stereocenters. The molecule has 0 fully saturated rings. The van der Waals surface area contributed by atoms with Crippen LogP contribution in [0.25, 0.3) is 0 Å². The van der Waals surface area contributed by atoms with Crippen molar-refractivity contribution in [3.05, 3.63) is 39.1 Å². The van der Waals surface area contributed by atoms with Gasteiger partial charge in [0, 0.05) is 10.0 Å². The lowest BCUT2D eigenvalue weighted by atomic mass is 10.1. The van der Waals surface area contributed by atoms with Crippen molar-refractivity contribution in [1.82, 2.24) is 20.2 Å². The zero-order chi connectivity index (χ0) is 12.4. The Labute approximate surface area is 111 Å². The molecular formula is C10H8BrClN4O. The number of halogens is 2. The van der Waals surface area contributed by atoms with Gasteiger partial charge in [0.2, 0.25) is 0 Å². The van der Waals surface area contributed by atoms with Crippen molar-refractivity contribution >= 4 is 33.3 Å². The number of aryl methyl sites for hydroxylation is 1. The van der Waals surface area contributed by atoms with Crippen LogP contribution in [0, 0.1) is 0 Å². The zero-order valence-electron chi connectivity index (χ0n) is 8.89. The van der Waals surface area contributed by atoms with Gasteiger partial charge in [0.05, 0.1) is 18.5 Å². The summed E-state index contributed by atoms with van der Waals surface area (Å²) in [6, 6.07) is 5.02. The third-order valence-electron chi connectivity index (χ3n) is 2.11. The Hall–Kier alpha value is -1.27. The molecular weight excluding hydrogens is 307 g/mol. The maximum Gasteiger partial charge on any atom is 0.182 e. The summed E-state index contributed by atoms with van der Waals surface area (Å²) in [4.78, 5) is 13.2. The van der Waals surface area contributed by atoms with Crippen molar-refractivity contribution in [1.29, 1.82) is 0 Å². The minimum absolute atomic E-state index is 0.0737. The third kappa shape index (κ3) is 2.89. The number of aromatic nitrogens is 4. The number of hydrogen-bond donors (Lipinski definition) is 0. The van der Waals surface area contributed by atoms with Crippen molar-refractivity contribution < 1.29 is 4.79 Å². The number of rotatable bonds is 3. The quantitative estimate of drug-likeness (QED) is 0.813. The number of benzene rings is 1. The fourth-order valence-corrected chi connectivity index (χ4v) is 1.81. The van der Waals surface area contributed by atoms with Gasteiger partial charge in [-0.1, -0.05) is 11.6 Å². The van der Waals surface area contributed by atoms with Gasteiger partial charge in [0.25, 0.3) is 0 Å². The fraction of sp³-hybridized carbons (Fsp3) is 0.200. The first kappa shape index (κ1) is 12.2. The SMILES string of the molecule is Cn1nnc(CC(=O)c2ccc(Cl)c(Br)c2)n1. The molecule has 0 saturated heterocycles. The molecule has 0 N–H and O–H groups in total. The number of ketones is 1. The van der Waals surface area contributed by atoms with E-state index in [0.717, 1.165) is 0 Å². The van der Waals surface area contributed by atoms with E-state index in [1.807, 2.05) is 0 Å². The molecule has 1 heterocycles. The summed E-state index contributed by atoms with van der Waals surface area (Å²) < 4.78 is 0.692. The summed E-state index contributed by atoms with van der Waals surface area (Å²) in [6.07, 6.45) is 0.127. The van der Waals surface area contributed by atoms with Gasteiger partial charge in [-0.2, -0.15) is 4.80 Å². The van der Waals surface area contributed by atoms with E-state index >= 15 is 0 Å². The number of Topliss-reactive ketones (excluding diaryl/α,β-unsaturated/α-hetero) is 1. The van der Waals surface area contributed by atoms with E-state index in [1.54, 1.807) is 25.2 Å². The topological polar surface area (TPSA) is 60.7 Å². The summed E-state index contributed by atoms with van der Waals surface area (Å²) in [5.74, 6) is 0.332. The number of nitrogens with zero attached hydrogens (tertiary/aromatic N) is 4. The molecule has 7 heteroatoms. The van der Waals surface area contributed by atoms with Gasteiger partial charge >= 0.3 is 0 Å². The first-order valence-electron chi connectivity index (χ1n) is 4.77. The number of carbonyl (C=O) groups excluding carboxylic acids is 1. The predicted molar refractivity (Wildman–Crippen MR) is 66.0 cm³/mol. The standard InChI is InChI=1S/C10H8BrClN4O/c1-16-14-10(13-15-16)5-9(17)6-2-3-8(12)7(11)4-6/h2-4H,5H2,1H3. The maximum atomic E-state index is 11.9. The molecule has 0 aliphatic carbocycles. The number of carbonyl (C=O) groups is 1. The van der Waals surface area contributed by atoms with E-state index in [1.165, 1.54) is 4.80 Å². The van der Waals surface area contributed by atoms with Crippen molar-refractivity contribution in [3.8, 4) is 0 Å². The van der Waals surface area contributed by atoms with E-state index in [-0.39, 0.29) is 12.2 Å². The lowest BCUT2D eigenvalue weighted by molar-refractivity contribution is 0.0990. The maximum absolute atomic E-state index is 11.9. The second-order valence-corrected chi connectivity index (χ2v) is 4.69. The summed E-state index contributed by atoms with van der Waals surface area (Å²) in [6.45, 7) is 0. The molecule has 17 heavy (non-hydrogen) atoms. The molecule has 0 saturated carbocycles. The highest BCUT2D eigenvalue weighted by Crippen LogP contribution is 2.23. The van der Waals surface area contributed by atoms with Crippen LogP contribution in [0.3, 0.4) is 0 Å². The minimum Gasteiger partial charge on any atom is -0.294 e. The Balaban J connectivity index is 2.17. The van der Waals surface area contributed by atoms with E-state index in [9.17, 15) is 4.79 Å². The Morgan fingerprint density at radius 3 is 2.88 bits per heavy atom. The lowest BCUT2D eigenvalue weighted by Crippen LogP contribution is -2.05. The van der Waals surface area contributed by atoms with Gasteiger partial charge in [-0.25, -0.2) is 0 Å². The molecule has 0 amide bonds. The second-order valence-electron chi connectivity index (χ2n) is 3.42. The van der Waals surface area contributed by atoms with Gasteiger partial charge in [0.1, 0.15) is 0 Å². The highest BCUT2D eigenvalue weighted by molar-refractivity contribution is 9.10. The lowest BCUT2D eigenvalue weighted by Gasteiger charge is -2.00. The molecule has 0 unspecified atom stereocenters. The molecule has 2 aromatic rings. The average Bonchev–Trinajstić information content (AvgIpc) is 2.68. The normalized spacial score (nSPS) is 10.5. The Morgan fingerprint density at radius 1 is 1.53 bits per heavy atom. The van der Waals surface area contributed by atoms with Crippen LogP contribution in [0.15, 0.2) is 22.7 Å². The summed E-state index contributed by atoms with van der Waals surface area (Å²) >= 11 is 9.12. The average molecular weight is 316 g/mol. The van der Waals surface area contributed by atoms with E-state index in [2.05, 4.69) is 31.3 Å².